The maximum absolute atomic E-state index is 12.3. The van der Waals surface area contributed by atoms with Crippen LogP contribution in [0.25, 0.3) is 16.9 Å². The smallest absolute Gasteiger partial charge is 0.234 e. The highest BCUT2D eigenvalue weighted by Gasteiger charge is 2.15. The van der Waals surface area contributed by atoms with Gasteiger partial charge in [-0.15, -0.1) is 5.10 Å². The SMILES string of the molecule is COc1ccc(-n2nnc3c(SCC(=O)Nc4ccc(Cl)c(Cl)c4)ncnc32)cc1. The van der Waals surface area contributed by atoms with Gasteiger partial charge in [0.05, 0.1) is 28.6 Å². The fraction of sp³-hybridized carbons (Fsp3) is 0.105. The zero-order chi connectivity index (χ0) is 21.1. The van der Waals surface area contributed by atoms with Crippen molar-refractivity contribution in [3.05, 3.63) is 58.8 Å². The van der Waals surface area contributed by atoms with Crippen LogP contribution in [0.4, 0.5) is 5.69 Å². The van der Waals surface area contributed by atoms with E-state index in [0.29, 0.717) is 31.9 Å². The van der Waals surface area contributed by atoms with E-state index >= 15 is 0 Å². The second-order valence-corrected chi connectivity index (χ2v) is 7.79. The van der Waals surface area contributed by atoms with E-state index in [1.165, 1.54) is 18.1 Å². The van der Waals surface area contributed by atoms with Crippen LogP contribution in [0.5, 0.6) is 5.75 Å². The van der Waals surface area contributed by atoms with Crippen LogP contribution in [0, 0.1) is 0 Å². The summed E-state index contributed by atoms with van der Waals surface area (Å²) >= 11 is 13.1. The zero-order valence-electron chi connectivity index (χ0n) is 15.5. The molecule has 0 bridgehead atoms. The number of hydrogen-bond donors (Lipinski definition) is 1. The molecule has 2 heterocycles. The first kappa shape index (κ1) is 20.4. The number of nitrogens with zero attached hydrogens (tertiary/aromatic N) is 5. The van der Waals surface area contributed by atoms with Gasteiger partial charge < -0.3 is 10.1 Å². The maximum atomic E-state index is 12.3. The molecule has 4 rings (SSSR count). The van der Waals surface area contributed by atoms with E-state index in [1.807, 2.05) is 24.3 Å². The van der Waals surface area contributed by atoms with Gasteiger partial charge >= 0.3 is 0 Å². The number of methoxy groups -OCH3 is 1. The molecule has 0 radical (unpaired) electrons. The number of benzene rings is 2. The molecule has 2 aromatic heterocycles. The van der Waals surface area contributed by atoms with Gasteiger partial charge in [-0.2, -0.15) is 4.68 Å². The number of aromatic nitrogens is 5. The highest BCUT2D eigenvalue weighted by Crippen LogP contribution is 2.27. The molecule has 30 heavy (non-hydrogen) atoms. The summed E-state index contributed by atoms with van der Waals surface area (Å²) in [7, 11) is 1.61. The lowest BCUT2D eigenvalue weighted by molar-refractivity contribution is -0.113. The Morgan fingerprint density at radius 2 is 1.93 bits per heavy atom. The lowest BCUT2D eigenvalue weighted by Crippen LogP contribution is -2.14. The number of rotatable bonds is 6. The summed E-state index contributed by atoms with van der Waals surface area (Å²) in [4.78, 5) is 20.8. The zero-order valence-corrected chi connectivity index (χ0v) is 17.9. The van der Waals surface area contributed by atoms with E-state index in [9.17, 15) is 4.79 Å². The number of carbonyl (C=O) groups excluding carboxylic acids is 1. The number of nitrogens with one attached hydrogen (secondary N) is 1. The van der Waals surface area contributed by atoms with Crippen molar-refractivity contribution in [2.75, 3.05) is 18.2 Å². The van der Waals surface area contributed by atoms with Gasteiger partial charge in [-0.1, -0.05) is 40.2 Å². The number of fused-ring (bicyclic) bond motifs is 1. The molecule has 0 aliphatic carbocycles. The Labute approximate surface area is 185 Å². The molecule has 0 saturated heterocycles. The van der Waals surface area contributed by atoms with E-state index in [4.69, 9.17) is 27.9 Å². The second-order valence-electron chi connectivity index (χ2n) is 6.02. The van der Waals surface area contributed by atoms with Crippen molar-refractivity contribution in [1.29, 1.82) is 0 Å². The van der Waals surface area contributed by atoms with Gasteiger partial charge in [0.25, 0.3) is 0 Å². The molecule has 0 saturated carbocycles. The molecule has 4 aromatic rings. The maximum Gasteiger partial charge on any atom is 0.234 e. The highest BCUT2D eigenvalue weighted by atomic mass is 35.5. The standard InChI is InChI=1S/C19H14Cl2N6O2S/c1-29-13-5-3-12(4-6-13)27-18-17(25-26-27)19(23-10-22-18)30-9-16(28)24-11-2-7-14(20)15(21)8-11/h2-8,10H,9H2,1H3,(H,24,28). The monoisotopic (exact) mass is 460 g/mol. The van der Waals surface area contributed by atoms with Gasteiger partial charge in [-0.25, -0.2) is 9.97 Å². The van der Waals surface area contributed by atoms with Crippen LogP contribution in [-0.2, 0) is 4.79 Å². The van der Waals surface area contributed by atoms with Crippen molar-refractivity contribution >= 4 is 57.7 Å². The summed E-state index contributed by atoms with van der Waals surface area (Å²) in [5.41, 5.74) is 2.40. The highest BCUT2D eigenvalue weighted by molar-refractivity contribution is 8.00. The molecule has 0 atom stereocenters. The van der Waals surface area contributed by atoms with E-state index in [-0.39, 0.29) is 11.7 Å². The molecule has 1 amide bonds. The molecular formula is C19H14Cl2N6O2S. The van der Waals surface area contributed by atoms with Gasteiger partial charge in [-0.05, 0) is 42.5 Å². The molecule has 0 unspecified atom stereocenters. The summed E-state index contributed by atoms with van der Waals surface area (Å²) in [6.07, 6.45) is 1.42. The number of ether oxygens (including phenoxy) is 1. The fourth-order valence-corrected chi connectivity index (χ4v) is 3.66. The molecule has 2 aromatic carbocycles. The molecule has 0 aliphatic rings. The Kier molecular flexibility index (Phi) is 6.03. The first-order chi connectivity index (χ1) is 14.5. The van der Waals surface area contributed by atoms with Crippen LogP contribution in [0.15, 0.2) is 53.8 Å². The third-order valence-corrected chi connectivity index (χ3v) is 5.78. The number of hydrogen-bond acceptors (Lipinski definition) is 7. The van der Waals surface area contributed by atoms with E-state index in [1.54, 1.807) is 30.0 Å². The van der Waals surface area contributed by atoms with Gasteiger partial charge in [0.2, 0.25) is 5.91 Å². The number of thioether (sulfide) groups is 1. The lowest BCUT2D eigenvalue weighted by atomic mass is 10.3. The Morgan fingerprint density at radius 3 is 2.67 bits per heavy atom. The molecule has 11 heteroatoms. The van der Waals surface area contributed by atoms with Crippen molar-refractivity contribution in [2.45, 2.75) is 5.03 Å². The van der Waals surface area contributed by atoms with Crippen molar-refractivity contribution in [2.24, 2.45) is 0 Å². The van der Waals surface area contributed by atoms with Gasteiger partial charge in [0, 0.05) is 5.69 Å². The van der Waals surface area contributed by atoms with Crippen molar-refractivity contribution in [3.63, 3.8) is 0 Å². The first-order valence-electron chi connectivity index (χ1n) is 8.63. The van der Waals surface area contributed by atoms with Crippen LogP contribution in [0.2, 0.25) is 10.0 Å². The minimum absolute atomic E-state index is 0.127. The fourth-order valence-electron chi connectivity index (χ4n) is 2.64. The van der Waals surface area contributed by atoms with Crippen LogP contribution < -0.4 is 10.1 Å². The molecular weight excluding hydrogens is 447 g/mol. The lowest BCUT2D eigenvalue weighted by Gasteiger charge is -2.06. The average Bonchev–Trinajstić information content (AvgIpc) is 3.20. The number of halogens is 2. The van der Waals surface area contributed by atoms with Crippen molar-refractivity contribution in [3.8, 4) is 11.4 Å². The van der Waals surface area contributed by atoms with Crippen LogP contribution in [0.1, 0.15) is 0 Å². The van der Waals surface area contributed by atoms with Gasteiger partial charge in [0.1, 0.15) is 17.1 Å². The number of carbonyl (C=O) groups is 1. The van der Waals surface area contributed by atoms with Crippen molar-refractivity contribution < 1.29 is 9.53 Å². The molecule has 0 fully saturated rings. The third-order valence-electron chi connectivity index (χ3n) is 4.06. The van der Waals surface area contributed by atoms with Crippen LogP contribution in [-0.4, -0.2) is 43.7 Å². The minimum atomic E-state index is -0.215. The first-order valence-corrected chi connectivity index (χ1v) is 10.4. The predicted molar refractivity (Wildman–Crippen MR) is 117 cm³/mol. The normalized spacial score (nSPS) is 10.9. The van der Waals surface area contributed by atoms with E-state index in [0.717, 1.165) is 11.4 Å². The largest absolute Gasteiger partial charge is 0.497 e. The number of amides is 1. The Morgan fingerprint density at radius 1 is 1.13 bits per heavy atom. The quantitative estimate of drug-likeness (QED) is 0.339. The Bertz CT molecular complexity index is 1220. The molecule has 0 aliphatic heterocycles. The average molecular weight is 461 g/mol. The van der Waals surface area contributed by atoms with E-state index in [2.05, 4.69) is 25.6 Å². The molecule has 1 N–H and O–H groups in total. The topological polar surface area (TPSA) is 94.8 Å². The molecule has 152 valence electrons. The Balaban J connectivity index is 1.50. The van der Waals surface area contributed by atoms with E-state index < -0.39 is 0 Å². The predicted octanol–water partition coefficient (Wildman–Crippen LogP) is 4.26. The summed E-state index contributed by atoms with van der Waals surface area (Å²) in [5.74, 6) is 0.650. The Hall–Kier alpha value is -2.88. The molecule has 8 nitrogen and oxygen atoms in total. The third kappa shape index (κ3) is 4.33. The number of anilines is 1. The van der Waals surface area contributed by atoms with Crippen molar-refractivity contribution in [1.82, 2.24) is 25.0 Å². The van der Waals surface area contributed by atoms with Crippen LogP contribution in [0.3, 0.4) is 0 Å². The summed E-state index contributed by atoms with van der Waals surface area (Å²) in [6, 6.07) is 12.3. The summed E-state index contributed by atoms with van der Waals surface area (Å²) < 4.78 is 6.78. The molecule has 0 spiro atoms. The minimum Gasteiger partial charge on any atom is -0.497 e. The summed E-state index contributed by atoms with van der Waals surface area (Å²) in [6.45, 7) is 0. The van der Waals surface area contributed by atoms with Gasteiger partial charge in [-0.3, -0.25) is 4.79 Å². The van der Waals surface area contributed by atoms with Crippen LogP contribution >= 0.6 is 35.0 Å². The summed E-state index contributed by atoms with van der Waals surface area (Å²) in [5, 5.41) is 12.5. The second kappa shape index (κ2) is 8.86. The van der Waals surface area contributed by atoms with Gasteiger partial charge in [0.15, 0.2) is 11.2 Å².